The Morgan fingerprint density at radius 2 is 1.64 bits per heavy atom. The number of rotatable bonds is 12. The molecule has 6 heteroatoms. The van der Waals surface area contributed by atoms with Crippen molar-refractivity contribution in [1.82, 2.24) is 0 Å². The predicted octanol–water partition coefficient (Wildman–Crippen LogP) is 6.27. The average molecular weight is 473 g/mol. The number of aliphatic hydroxyl groups excluding tert-OH is 1. The van der Waals surface area contributed by atoms with Gasteiger partial charge in [0.15, 0.2) is 8.32 Å². The molecule has 0 amide bonds. The van der Waals surface area contributed by atoms with Gasteiger partial charge in [-0.15, -0.1) is 0 Å². The first-order chi connectivity index (χ1) is 15.9. The van der Waals surface area contributed by atoms with Crippen LogP contribution in [0.3, 0.4) is 0 Å². The third-order valence-electron chi connectivity index (χ3n) is 7.51. The van der Waals surface area contributed by atoms with Gasteiger partial charge in [0.05, 0.1) is 24.9 Å². The molecule has 0 heterocycles. The molecule has 0 radical (unpaired) electrons. The van der Waals surface area contributed by atoms with Crippen molar-refractivity contribution >= 4 is 8.32 Å². The minimum Gasteiger partial charge on any atom is -0.508 e. The van der Waals surface area contributed by atoms with E-state index in [-0.39, 0.29) is 18.5 Å². The fourth-order valence-corrected chi connectivity index (χ4v) is 8.43. The van der Waals surface area contributed by atoms with Crippen molar-refractivity contribution in [2.75, 3.05) is 13.4 Å². The summed E-state index contributed by atoms with van der Waals surface area (Å²) in [5.74, 6) is 0.0462. The van der Waals surface area contributed by atoms with E-state index in [9.17, 15) is 10.2 Å². The van der Waals surface area contributed by atoms with Crippen LogP contribution in [0.5, 0.6) is 5.75 Å². The van der Waals surface area contributed by atoms with E-state index in [0.717, 1.165) is 35.7 Å². The first kappa shape index (κ1) is 25.9. The summed E-state index contributed by atoms with van der Waals surface area (Å²) in [7, 11) is -1.96. The zero-order chi connectivity index (χ0) is 23.9. The Kier molecular flexibility index (Phi) is 9.13. The minimum absolute atomic E-state index is 0.0927. The van der Waals surface area contributed by atoms with Crippen LogP contribution in [0.25, 0.3) is 0 Å². The second kappa shape index (κ2) is 11.6. The molecular weight excluding hydrogens is 432 g/mol. The van der Waals surface area contributed by atoms with Crippen molar-refractivity contribution in [3.8, 4) is 5.75 Å². The van der Waals surface area contributed by atoms with Gasteiger partial charge in [0.25, 0.3) is 0 Å². The van der Waals surface area contributed by atoms with Crippen LogP contribution in [0.15, 0.2) is 48.5 Å². The van der Waals surface area contributed by atoms with E-state index < -0.39 is 20.0 Å². The van der Waals surface area contributed by atoms with Gasteiger partial charge in [-0.1, -0.05) is 70.2 Å². The summed E-state index contributed by atoms with van der Waals surface area (Å²) >= 11 is 0. The fourth-order valence-electron chi connectivity index (χ4n) is 5.27. The van der Waals surface area contributed by atoms with Gasteiger partial charge in [0, 0.05) is 17.9 Å². The maximum atomic E-state index is 11.1. The molecule has 2 N–H and O–H groups in total. The number of ether oxygens (including phenoxy) is 2. The van der Waals surface area contributed by atoms with Crippen LogP contribution in [0, 0.1) is 0 Å². The van der Waals surface area contributed by atoms with Crippen molar-refractivity contribution in [3.05, 3.63) is 65.2 Å². The second-order valence-electron chi connectivity index (χ2n) is 9.14. The van der Waals surface area contributed by atoms with E-state index in [2.05, 4.69) is 27.7 Å². The molecule has 0 saturated heterocycles. The third-order valence-corrected chi connectivity index (χ3v) is 12.2. The van der Waals surface area contributed by atoms with E-state index in [1.54, 1.807) is 6.07 Å². The quantitative estimate of drug-likeness (QED) is 0.216. The molecule has 0 aromatic heterocycles. The summed E-state index contributed by atoms with van der Waals surface area (Å²) in [6, 6.07) is 18.6. The lowest BCUT2D eigenvalue weighted by molar-refractivity contribution is -0.100. The molecule has 3 rings (SSSR count). The molecule has 0 saturated carbocycles. The molecule has 0 spiro atoms. The fraction of sp³-hybridized carbons (Fsp3) is 0.556. The van der Waals surface area contributed by atoms with Crippen LogP contribution in [0.1, 0.15) is 69.2 Å². The zero-order valence-electron chi connectivity index (χ0n) is 20.5. The van der Waals surface area contributed by atoms with E-state index in [4.69, 9.17) is 13.9 Å². The highest BCUT2D eigenvalue weighted by atomic mass is 28.4. The lowest BCUT2D eigenvalue weighted by atomic mass is 9.69. The van der Waals surface area contributed by atoms with Crippen molar-refractivity contribution in [1.29, 1.82) is 0 Å². The Hall–Kier alpha value is -1.70. The van der Waals surface area contributed by atoms with Gasteiger partial charge < -0.3 is 24.1 Å². The Labute approximate surface area is 199 Å². The van der Waals surface area contributed by atoms with Crippen LogP contribution in [0.2, 0.25) is 18.1 Å². The normalized spacial score (nSPS) is 22.8. The Morgan fingerprint density at radius 1 is 0.939 bits per heavy atom. The molecule has 2 aromatic rings. The van der Waals surface area contributed by atoms with E-state index in [0.29, 0.717) is 25.2 Å². The number of phenols is 1. The predicted molar refractivity (Wildman–Crippen MR) is 134 cm³/mol. The van der Waals surface area contributed by atoms with Crippen molar-refractivity contribution < 1.29 is 24.1 Å². The Balaban J connectivity index is 1.84. The van der Waals surface area contributed by atoms with E-state index in [1.807, 2.05) is 42.5 Å². The molecular formula is C27H40O5Si. The van der Waals surface area contributed by atoms with Crippen LogP contribution < -0.4 is 0 Å². The van der Waals surface area contributed by atoms with Crippen molar-refractivity contribution in [2.45, 2.75) is 82.9 Å². The monoisotopic (exact) mass is 472 g/mol. The third kappa shape index (κ3) is 5.69. The maximum absolute atomic E-state index is 11.1. The van der Waals surface area contributed by atoms with E-state index >= 15 is 0 Å². The summed E-state index contributed by atoms with van der Waals surface area (Å²) in [4.78, 5) is 0. The number of aliphatic hydroxyl groups is 1. The van der Waals surface area contributed by atoms with Gasteiger partial charge in [0.2, 0.25) is 0 Å². The molecule has 3 atom stereocenters. The molecule has 0 aliphatic heterocycles. The van der Waals surface area contributed by atoms with Crippen LogP contribution in [-0.4, -0.2) is 37.5 Å². The maximum Gasteiger partial charge on any atom is 0.192 e. The molecule has 5 nitrogen and oxygen atoms in total. The number of hydrogen-bond donors (Lipinski definition) is 2. The Morgan fingerprint density at radius 3 is 2.27 bits per heavy atom. The zero-order valence-corrected chi connectivity index (χ0v) is 21.5. The number of benzene rings is 2. The standard InChI is InChI=1S/C27H40O5Si/c1-5-27(32-33(6-2,7-3)8-4)17-25(29)26-22(15-12-16-24(26)28)23(27)19-31-20-30-18-21-13-10-9-11-14-21/h9-16,23,25,28-29H,5-8,17-20H2,1-4H3/t23-,25?,27-/m1/s1. The highest BCUT2D eigenvalue weighted by molar-refractivity contribution is 6.73. The van der Waals surface area contributed by atoms with Crippen LogP contribution >= 0.6 is 0 Å². The smallest absolute Gasteiger partial charge is 0.192 e. The van der Waals surface area contributed by atoms with Gasteiger partial charge in [-0.2, -0.15) is 0 Å². The first-order valence-corrected chi connectivity index (χ1v) is 14.9. The van der Waals surface area contributed by atoms with Crippen molar-refractivity contribution in [3.63, 3.8) is 0 Å². The molecule has 1 unspecified atom stereocenters. The summed E-state index contributed by atoms with van der Waals surface area (Å²) in [5.41, 5.74) is 2.10. The number of aromatic hydroxyl groups is 1. The molecule has 33 heavy (non-hydrogen) atoms. The van der Waals surface area contributed by atoms with Crippen molar-refractivity contribution in [2.24, 2.45) is 0 Å². The number of hydrogen-bond acceptors (Lipinski definition) is 5. The van der Waals surface area contributed by atoms with Gasteiger partial charge in [-0.25, -0.2) is 0 Å². The van der Waals surface area contributed by atoms with E-state index in [1.165, 1.54) is 0 Å². The largest absolute Gasteiger partial charge is 0.508 e. The first-order valence-electron chi connectivity index (χ1n) is 12.3. The highest BCUT2D eigenvalue weighted by Gasteiger charge is 2.50. The van der Waals surface area contributed by atoms with Gasteiger partial charge >= 0.3 is 0 Å². The number of phenolic OH excluding ortho intramolecular Hbond substituents is 1. The second-order valence-corrected chi connectivity index (χ2v) is 13.8. The van der Waals surface area contributed by atoms with Gasteiger partial charge in [0.1, 0.15) is 12.5 Å². The summed E-state index contributed by atoms with van der Waals surface area (Å²) in [6.07, 6.45) is 0.470. The summed E-state index contributed by atoms with van der Waals surface area (Å²) < 4.78 is 19.0. The number of fused-ring (bicyclic) bond motifs is 1. The van der Waals surface area contributed by atoms with Gasteiger partial charge in [-0.05, 0) is 41.7 Å². The Bertz CT molecular complexity index is 862. The minimum atomic E-state index is -1.96. The average Bonchev–Trinajstić information content (AvgIpc) is 2.84. The molecule has 0 fully saturated rings. The molecule has 2 aromatic carbocycles. The van der Waals surface area contributed by atoms with Crippen LogP contribution in [0.4, 0.5) is 0 Å². The lowest BCUT2D eigenvalue weighted by Gasteiger charge is -2.51. The molecule has 1 aliphatic rings. The summed E-state index contributed by atoms with van der Waals surface area (Å²) in [6.45, 7) is 9.90. The molecule has 1 aliphatic carbocycles. The topological polar surface area (TPSA) is 68.2 Å². The SMILES string of the molecule is CC[C@@]1(O[Si](CC)(CC)CC)CC(O)c2c(O)cccc2[C@H]1COCOCc1ccccc1. The molecule has 182 valence electrons. The van der Waals surface area contributed by atoms with Crippen LogP contribution in [-0.2, 0) is 20.5 Å². The summed E-state index contributed by atoms with van der Waals surface area (Å²) in [5, 5.41) is 21.6. The molecule has 0 bridgehead atoms. The van der Waals surface area contributed by atoms with Gasteiger partial charge in [-0.3, -0.25) is 0 Å². The highest BCUT2D eigenvalue weighted by Crippen LogP contribution is 2.52. The lowest BCUT2D eigenvalue weighted by Crippen LogP contribution is -2.53.